The topological polar surface area (TPSA) is 99.6 Å². The Morgan fingerprint density at radius 1 is 1.11 bits per heavy atom. The van der Waals surface area contributed by atoms with Crippen molar-refractivity contribution in [1.82, 2.24) is 15.0 Å². The van der Waals surface area contributed by atoms with E-state index in [0.29, 0.717) is 12.1 Å². The number of anilines is 1. The Labute approximate surface area is 174 Å². The number of H-pyrrole nitrogens is 2. The van der Waals surface area contributed by atoms with Gasteiger partial charge in [-0.05, 0) is 30.2 Å². The van der Waals surface area contributed by atoms with Crippen LogP contribution in [0, 0.1) is 0 Å². The molecule has 0 spiro atoms. The van der Waals surface area contributed by atoms with Gasteiger partial charge in [0.05, 0.1) is 24.3 Å². The van der Waals surface area contributed by atoms with Crippen LogP contribution in [0.25, 0.3) is 22.2 Å². The minimum atomic E-state index is -0.634. The number of amides is 1. The quantitative estimate of drug-likeness (QED) is 0.395. The van der Waals surface area contributed by atoms with Crippen LogP contribution in [0.5, 0.6) is 0 Å². The van der Waals surface area contributed by atoms with E-state index in [4.69, 9.17) is 5.73 Å². The Morgan fingerprint density at radius 2 is 1.93 bits per heavy atom. The number of aromatic amines is 2. The highest BCUT2D eigenvalue weighted by atomic mass is 35.5. The van der Waals surface area contributed by atoms with Crippen LogP contribution in [0.1, 0.15) is 5.56 Å². The number of aromatic nitrogens is 3. The number of hydrogen-bond donors (Lipinski definition) is 4. The molecule has 2 aromatic carbocycles. The number of fused-ring (bicyclic) bond motifs is 1. The molecule has 4 rings (SSSR count). The lowest BCUT2D eigenvalue weighted by atomic mass is 10.0. The molecule has 1 atom stereocenters. The van der Waals surface area contributed by atoms with E-state index in [1.165, 1.54) is 0 Å². The van der Waals surface area contributed by atoms with E-state index < -0.39 is 6.04 Å². The van der Waals surface area contributed by atoms with Gasteiger partial charge in [-0.1, -0.05) is 30.3 Å². The molecular weight excluding hydrogens is 397 g/mol. The van der Waals surface area contributed by atoms with E-state index in [1.54, 1.807) is 12.5 Å². The number of rotatable bonds is 5. The van der Waals surface area contributed by atoms with E-state index in [9.17, 15) is 4.79 Å². The number of imidazole rings is 1. The van der Waals surface area contributed by atoms with Crippen LogP contribution < -0.4 is 11.1 Å². The lowest BCUT2D eigenvalue weighted by Gasteiger charge is -2.12. The first-order chi connectivity index (χ1) is 12.7. The molecule has 0 unspecified atom stereocenters. The number of para-hydroxylation sites is 1. The lowest BCUT2D eigenvalue weighted by molar-refractivity contribution is -0.117. The van der Waals surface area contributed by atoms with Crippen molar-refractivity contribution in [2.75, 3.05) is 5.32 Å². The number of benzene rings is 2. The first-order valence-electron chi connectivity index (χ1n) is 8.41. The minimum absolute atomic E-state index is 0. The Kier molecular flexibility index (Phi) is 7.23. The van der Waals surface area contributed by atoms with Gasteiger partial charge in [0.15, 0.2) is 0 Å². The predicted molar refractivity (Wildman–Crippen MR) is 117 cm³/mol. The van der Waals surface area contributed by atoms with Crippen molar-refractivity contribution in [3.05, 3.63) is 72.8 Å². The Hall–Kier alpha value is -2.80. The number of nitrogens with two attached hydrogens (primary N) is 1. The third-order valence-corrected chi connectivity index (χ3v) is 4.39. The summed E-state index contributed by atoms with van der Waals surface area (Å²) in [4.78, 5) is 22.8. The highest BCUT2D eigenvalue weighted by molar-refractivity contribution is 5.96. The molecule has 0 fully saturated rings. The van der Waals surface area contributed by atoms with Crippen LogP contribution in [-0.2, 0) is 11.2 Å². The van der Waals surface area contributed by atoms with Crippen molar-refractivity contribution in [2.24, 2.45) is 5.73 Å². The molecule has 0 saturated heterocycles. The smallest absolute Gasteiger partial charge is 0.241 e. The van der Waals surface area contributed by atoms with Crippen molar-refractivity contribution in [3.8, 4) is 11.3 Å². The SMILES string of the molecule is Cl.Cl.N[C@@H](Cc1c[nH]c2ccccc12)C(=O)Nc1cccc(-c2cnc[nH]2)c1. The number of carbonyl (C=O) groups excluding carboxylic acids is 1. The predicted octanol–water partition coefficient (Wildman–Crippen LogP) is 3.91. The molecule has 28 heavy (non-hydrogen) atoms. The summed E-state index contributed by atoms with van der Waals surface area (Å²) in [5, 5.41) is 3.99. The van der Waals surface area contributed by atoms with Gasteiger partial charge in [-0.2, -0.15) is 0 Å². The zero-order valence-electron chi connectivity index (χ0n) is 14.9. The second kappa shape index (κ2) is 9.41. The monoisotopic (exact) mass is 417 g/mol. The zero-order valence-corrected chi connectivity index (χ0v) is 16.5. The average Bonchev–Trinajstić information content (AvgIpc) is 3.32. The van der Waals surface area contributed by atoms with Crippen LogP contribution in [0.4, 0.5) is 5.69 Å². The molecule has 1 amide bonds. The molecule has 0 aliphatic rings. The molecule has 4 aromatic rings. The molecular formula is C20H21Cl2N5O. The number of nitrogens with one attached hydrogen (secondary N) is 3. The molecule has 6 nitrogen and oxygen atoms in total. The maximum Gasteiger partial charge on any atom is 0.241 e. The first kappa shape index (κ1) is 21.5. The van der Waals surface area contributed by atoms with Crippen LogP contribution in [0.15, 0.2) is 67.3 Å². The summed E-state index contributed by atoms with van der Waals surface area (Å²) in [5.74, 6) is -0.211. The molecule has 146 valence electrons. The van der Waals surface area contributed by atoms with Gasteiger partial charge in [-0.25, -0.2) is 4.98 Å². The van der Waals surface area contributed by atoms with Crippen LogP contribution in [-0.4, -0.2) is 26.9 Å². The van der Waals surface area contributed by atoms with Crippen LogP contribution in [0.2, 0.25) is 0 Å². The molecule has 5 N–H and O–H groups in total. The van der Waals surface area contributed by atoms with Crippen LogP contribution >= 0.6 is 24.8 Å². The third-order valence-electron chi connectivity index (χ3n) is 4.39. The van der Waals surface area contributed by atoms with Crippen molar-refractivity contribution in [3.63, 3.8) is 0 Å². The van der Waals surface area contributed by atoms with Crippen molar-refractivity contribution in [2.45, 2.75) is 12.5 Å². The van der Waals surface area contributed by atoms with E-state index in [0.717, 1.165) is 27.7 Å². The maximum absolute atomic E-state index is 12.5. The fourth-order valence-corrected chi connectivity index (χ4v) is 3.04. The summed E-state index contributed by atoms with van der Waals surface area (Å²) in [6.07, 6.45) is 5.74. The maximum atomic E-state index is 12.5. The van der Waals surface area contributed by atoms with Gasteiger partial charge in [0, 0.05) is 28.4 Å². The van der Waals surface area contributed by atoms with Crippen molar-refractivity contribution >= 4 is 47.3 Å². The highest BCUT2D eigenvalue weighted by Crippen LogP contribution is 2.21. The van der Waals surface area contributed by atoms with E-state index in [1.807, 2.05) is 54.7 Å². The molecule has 2 aromatic heterocycles. The van der Waals surface area contributed by atoms with Crippen molar-refractivity contribution < 1.29 is 4.79 Å². The molecule has 0 aliphatic heterocycles. The molecule has 8 heteroatoms. The summed E-state index contributed by atoms with van der Waals surface area (Å²) >= 11 is 0. The second-order valence-electron chi connectivity index (χ2n) is 6.21. The summed E-state index contributed by atoms with van der Waals surface area (Å²) in [5.41, 5.74) is 10.8. The minimum Gasteiger partial charge on any atom is -0.361 e. The van der Waals surface area contributed by atoms with Gasteiger partial charge in [0.2, 0.25) is 5.91 Å². The largest absolute Gasteiger partial charge is 0.361 e. The van der Waals surface area contributed by atoms with Crippen molar-refractivity contribution in [1.29, 1.82) is 0 Å². The fraction of sp³-hybridized carbons (Fsp3) is 0.100. The Balaban J connectivity index is 0.00000140. The highest BCUT2D eigenvalue weighted by Gasteiger charge is 2.16. The molecule has 0 radical (unpaired) electrons. The normalized spacial score (nSPS) is 11.3. The average molecular weight is 418 g/mol. The Morgan fingerprint density at radius 3 is 2.71 bits per heavy atom. The van der Waals surface area contributed by atoms with E-state index in [-0.39, 0.29) is 30.7 Å². The number of hydrogen-bond acceptors (Lipinski definition) is 3. The number of carbonyl (C=O) groups is 1. The first-order valence-corrected chi connectivity index (χ1v) is 8.41. The third kappa shape index (κ3) is 4.54. The van der Waals surface area contributed by atoms with E-state index >= 15 is 0 Å². The number of halogens is 2. The van der Waals surface area contributed by atoms with Gasteiger partial charge in [0.1, 0.15) is 0 Å². The van der Waals surface area contributed by atoms with Gasteiger partial charge < -0.3 is 21.0 Å². The summed E-state index contributed by atoms with van der Waals surface area (Å²) in [7, 11) is 0. The summed E-state index contributed by atoms with van der Waals surface area (Å²) < 4.78 is 0. The molecule has 2 heterocycles. The van der Waals surface area contributed by atoms with Gasteiger partial charge >= 0.3 is 0 Å². The molecule has 0 saturated carbocycles. The standard InChI is InChI=1S/C20H19N5O.2ClH/c21-17(9-14-10-23-18-7-2-1-6-16(14)18)20(26)25-15-5-3-4-13(8-15)19-11-22-12-24-19;;/h1-8,10-12,17,23H,9,21H2,(H,22,24)(H,25,26);2*1H/t17-;;/m0../s1. The van der Waals surface area contributed by atoms with Gasteiger partial charge in [-0.15, -0.1) is 24.8 Å². The van der Waals surface area contributed by atoms with E-state index in [2.05, 4.69) is 20.3 Å². The number of nitrogens with zero attached hydrogens (tertiary/aromatic N) is 1. The van der Waals surface area contributed by atoms with Gasteiger partial charge in [-0.3, -0.25) is 4.79 Å². The van der Waals surface area contributed by atoms with Crippen LogP contribution in [0.3, 0.4) is 0 Å². The van der Waals surface area contributed by atoms with Gasteiger partial charge in [0.25, 0.3) is 0 Å². The zero-order chi connectivity index (χ0) is 17.9. The lowest BCUT2D eigenvalue weighted by Crippen LogP contribution is -2.37. The summed E-state index contributed by atoms with van der Waals surface area (Å²) in [6, 6.07) is 14.9. The summed E-state index contributed by atoms with van der Waals surface area (Å²) in [6.45, 7) is 0. The molecule has 0 bridgehead atoms. The second-order valence-corrected chi connectivity index (χ2v) is 6.21. The Bertz CT molecular complexity index is 1050. The fourth-order valence-electron chi connectivity index (χ4n) is 3.04. The molecule has 0 aliphatic carbocycles.